The van der Waals surface area contributed by atoms with Gasteiger partial charge in [0.25, 0.3) is 0 Å². The molecule has 1 unspecified atom stereocenters. The van der Waals surface area contributed by atoms with Gasteiger partial charge in [0.05, 0.1) is 0 Å². The van der Waals surface area contributed by atoms with Crippen LogP contribution in [0.3, 0.4) is 0 Å². The minimum absolute atomic E-state index is 0.674. The van der Waals surface area contributed by atoms with Gasteiger partial charge in [-0.3, -0.25) is 0 Å². The molecule has 1 atom stereocenters. The molecule has 0 nitrogen and oxygen atoms in total. The number of rotatable bonds is 4. The van der Waals surface area contributed by atoms with Crippen LogP contribution in [-0.4, -0.2) is 0 Å². The second kappa shape index (κ2) is 5.17. The van der Waals surface area contributed by atoms with E-state index in [1.165, 1.54) is 17.6 Å². The molecular formula is C11H20. The van der Waals surface area contributed by atoms with Crippen molar-refractivity contribution >= 4 is 0 Å². The van der Waals surface area contributed by atoms with Crippen molar-refractivity contribution in [2.24, 2.45) is 5.92 Å². The summed E-state index contributed by atoms with van der Waals surface area (Å²) in [7, 11) is 0. The lowest BCUT2D eigenvalue weighted by atomic mass is 9.91. The van der Waals surface area contributed by atoms with Gasteiger partial charge in [0.15, 0.2) is 0 Å². The van der Waals surface area contributed by atoms with Gasteiger partial charge in [0, 0.05) is 0 Å². The second-order valence-corrected chi connectivity index (χ2v) is 3.01. The number of allylic oxidation sites excluding steroid dienone is 3. The zero-order valence-electron chi connectivity index (χ0n) is 8.28. The molecule has 0 heteroatoms. The average molecular weight is 152 g/mol. The molecule has 0 aromatic carbocycles. The zero-order chi connectivity index (χ0) is 8.85. The van der Waals surface area contributed by atoms with Crippen molar-refractivity contribution in [2.75, 3.05) is 0 Å². The van der Waals surface area contributed by atoms with E-state index >= 15 is 0 Å². The third-order valence-electron chi connectivity index (χ3n) is 2.29. The normalized spacial score (nSPS) is 14.7. The highest BCUT2D eigenvalue weighted by Gasteiger charge is 2.06. The summed E-state index contributed by atoms with van der Waals surface area (Å²) in [6, 6.07) is 0. The lowest BCUT2D eigenvalue weighted by Crippen LogP contribution is -1.99. The molecule has 0 aliphatic carbocycles. The molecule has 0 aromatic rings. The summed E-state index contributed by atoms with van der Waals surface area (Å²) in [6.07, 6.45) is 4.47. The molecule has 0 aliphatic rings. The van der Waals surface area contributed by atoms with Crippen molar-refractivity contribution in [1.29, 1.82) is 0 Å². The molecule has 0 aliphatic heterocycles. The van der Waals surface area contributed by atoms with Crippen molar-refractivity contribution in [3.63, 3.8) is 0 Å². The maximum absolute atomic E-state index is 4.05. The minimum Gasteiger partial charge on any atom is -0.0956 e. The van der Waals surface area contributed by atoms with E-state index in [-0.39, 0.29) is 0 Å². The van der Waals surface area contributed by atoms with Gasteiger partial charge in [-0.25, -0.2) is 0 Å². The van der Waals surface area contributed by atoms with Crippen LogP contribution < -0.4 is 0 Å². The number of hydrogen-bond donors (Lipinski definition) is 0. The van der Waals surface area contributed by atoms with E-state index < -0.39 is 0 Å². The quantitative estimate of drug-likeness (QED) is 0.535. The molecule has 0 spiro atoms. The van der Waals surface area contributed by atoms with Crippen molar-refractivity contribution < 1.29 is 0 Å². The van der Waals surface area contributed by atoms with Crippen LogP contribution in [-0.2, 0) is 0 Å². The Morgan fingerprint density at radius 3 is 2.27 bits per heavy atom. The Labute approximate surface area is 71.0 Å². The largest absolute Gasteiger partial charge is 0.0956 e. The van der Waals surface area contributed by atoms with Crippen LogP contribution in [0.25, 0.3) is 0 Å². The summed E-state index contributed by atoms with van der Waals surface area (Å²) in [5, 5.41) is 0. The molecule has 0 amide bonds. The molecule has 0 heterocycles. The third-order valence-corrected chi connectivity index (χ3v) is 2.29. The second-order valence-electron chi connectivity index (χ2n) is 3.01. The summed E-state index contributed by atoms with van der Waals surface area (Å²) in [4.78, 5) is 0. The molecule has 11 heavy (non-hydrogen) atoms. The Kier molecular flexibility index (Phi) is 4.93. The van der Waals surface area contributed by atoms with Gasteiger partial charge in [-0.05, 0) is 31.3 Å². The van der Waals surface area contributed by atoms with E-state index in [2.05, 4.69) is 40.3 Å². The Bertz CT molecular complexity index is 151. The molecule has 0 aromatic heterocycles. The third kappa shape index (κ3) is 2.92. The SMILES string of the molecule is C=C(CC)C(=CC)C(C)CC. The van der Waals surface area contributed by atoms with Gasteiger partial charge >= 0.3 is 0 Å². The number of hydrogen-bond acceptors (Lipinski definition) is 0. The predicted molar refractivity (Wildman–Crippen MR) is 52.6 cm³/mol. The minimum atomic E-state index is 0.674. The van der Waals surface area contributed by atoms with Crippen LogP contribution in [0.5, 0.6) is 0 Å². The predicted octanol–water partition coefficient (Wildman–Crippen LogP) is 3.95. The van der Waals surface area contributed by atoms with Gasteiger partial charge in [-0.15, -0.1) is 0 Å². The smallest absolute Gasteiger partial charge is 0.0194 e. The van der Waals surface area contributed by atoms with Crippen LogP contribution >= 0.6 is 0 Å². The molecule has 64 valence electrons. The van der Waals surface area contributed by atoms with Gasteiger partial charge < -0.3 is 0 Å². The summed E-state index contributed by atoms with van der Waals surface area (Å²) < 4.78 is 0. The molecule has 0 saturated carbocycles. The highest BCUT2D eigenvalue weighted by Crippen LogP contribution is 2.22. The maximum Gasteiger partial charge on any atom is -0.0194 e. The van der Waals surface area contributed by atoms with E-state index in [0.29, 0.717) is 5.92 Å². The standard InChI is InChI=1S/C11H20/c1-6-9(4)11(8-3)10(5)7-2/h8,10H,4,6-7H2,1-3,5H3. The van der Waals surface area contributed by atoms with Gasteiger partial charge in [-0.2, -0.15) is 0 Å². The molecular weight excluding hydrogens is 132 g/mol. The monoisotopic (exact) mass is 152 g/mol. The van der Waals surface area contributed by atoms with Crippen molar-refractivity contribution in [3.05, 3.63) is 23.8 Å². The fourth-order valence-electron chi connectivity index (χ4n) is 1.26. The molecule has 0 radical (unpaired) electrons. The molecule has 0 N–H and O–H groups in total. The first-order chi connectivity index (χ1) is 5.17. The van der Waals surface area contributed by atoms with E-state index in [1.807, 2.05) is 0 Å². The van der Waals surface area contributed by atoms with E-state index in [1.54, 1.807) is 0 Å². The van der Waals surface area contributed by atoms with Gasteiger partial charge in [0.2, 0.25) is 0 Å². The Morgan fingerprint density at radius 1 is 1.45 bits per heavy atom. The molecule has 0 saturated heterocycles. The first kappa shape index (κ1) is 10.5. The van der Waals surface area contributed by atoms with E-state index in [0.717, 1.165) is 6.42 Å². The zero-order valence-corrected chi connectivity index (χ0v) is 8.28. The highest BCUT2D eigenvalue weighted by atomic mass is 14.1. The van der Waals surface area contributed by atoms with Crippen LogP contribution in [0.4, 0.5) is 0 Å². The highest BCUT2D eigenvalue weighted by molar-refractivity contribution is 5.29. The van der Waals surface area contributed by atoms with Crippen molar-refractivity contribution in [1.82, 2.24) is 0 Å². The summed E-state index contributed by atoms with van der Waals surface area (Å²) in [6.45, 7) is 12.8. The maximum atomic E-state index is 4.05. The fourth-order valence-corrected chi connectivity index (χ4v) is 1.26. The Balaban J connectivity index is 4.30. The summed E-state index contributed by atoms with van der Waals surface area (Å²) >= 11 is 0. The van der Waals surface area contributed by atoms with Crippen LogP contribution in [0, 0.1) is 5.92 Å². The van der Waals surface area contributed by atoms with E-state index in [9.17, 15) is 0 Å². The van der Waals surface area contributed by atoms with Crippen LogP contribution in [0.1, 0.15) is 40.5 Å². The first-order valence-corrected chi connectivity index (χ1v) is 4.51. The topological polar surface area (TPSA) is 0 Å². The summed E-state index contributed by atoms with van der Waals surface area (Å²) in [5.74, 6) is 0.674. The van der Waals surface area contributed by atoms with Crippen LogP contribution in [0.2, 0.25) is 0 Å². The Morgan fingerprint density at radius 2 is 2.00 bits per heavy atom. The lowest BCUT2D eigenvalue weighted by molar-refractivity contribution is 0.656. The Hall–Kier alpha value is -0.520. The molecule has 0 bridgehead atoms. The van der Waals surface area contributed by atoms with Crippen molar-refractivity contribution in [3.8, 4) is 0 Å². The molecule has 0 fully saturated rings. The first-order valence-electron chi connectivity index (χ1n) is 4.51. The summed E-state index contributed by atoms with van der Waals surface area (Å²) in [5.41, 5.74) is 2.73. The average Bonchev–Trinajstić information content (AvgIpc) is 2.05. The van der Waals surface area contributed by atoms with Gasteiger partial charge in [0.1, 0.15) is 0 Å². The van der Waals surface area contributed by atoms with E-state index in [4.69, 9.17) is 0 Å². The van der Waals surface area contributed by atoms with Crippen LogP contribution in [0.15, 0.2) is 23.8 Å². The fraction of sp³-hybridized carbons (Fsp3) is 0.636. The lowest BCUT2D eigenvalue weighted by Gasteiger charge is -2.14. The van der Waals surface area contributed by atoms with Gasteiger partial charge in [-0.1, -0.05) is 39.0 Å². The molecule has 0 rings (SSSR count). The van der Waals surface area contributed by atoms with Crippen molar-refractivity contribution in [2.45, 2.75) is 40.5 Å².